The van der Waals surface area contributed by atoms with Crippen LogP contribution in [0.2, 0.25) is 0 Å². The fourth-order valence-electron chi connectivity index (χ4n) is 2.80. The van der Waals surface area contributed by atoms with Crippen molar-refractivity contribution in [2.24, 2.45) is 5.16 Å². The first-order chi connectivity index (χ1) is 12.2. The quantitative estimate of drug-likeness (QED) is 0.614. The van der Waals surface area contributed by atoms with Crippen molar-refractivity contribution in [3.8, 4) is 0 Å². The molecule has 0 atom stereocenters. The molecule has 2 aliphatic rings. The van der Waals surface area contributed by atoms with Crippen LogP contribution in [-0.4, -0.2) is 40.5 Å². The van der Waals surface area contributed by atoms with Crippen molar-refractivity contribution in [3.05, 3.63) is 58.5 Å². The van der Waals surface area contributed by atoms with E-state index in [0.29, 0.717) is 22.8 Å². The molecular weight excluding hydrogens is 356 g/mol. The van der Waals surface area contributed by atoms with Crippen molar-refractivity contribution >= 4 is 44.9 Å². The smallest absolute Gasteiger partial charge is 0.362 e. The highest BCUT2D eigenvalue weighted by atomic mass is 32.2. The van der Waals surface area contributed by atoms with E-state index < -0.39 is 16.8 Å². The van der Waals surface area contributed by atoms with Gasteiger partial charge in [0.05, 0.1) is 10.6 Å². The number of thiophene rings is 1. The van der Waals surface area contributed by atoms with Crippen LogP contribution in [0.5, 0.6) is 0 Å². The van der Waals surface area contributed by atoms with Gasteiger partial charge in [-0.1, -0.05) is 35.5 Å². The number of hydrogen-bond donors (Lipinski definition) is 0. The maximum atomic E-state index is 12.1. The van der Waals surface area contributed by atoms with Gasteiger partial charge in [-0.05, 0) is 18.2 Å². The first-order valence-corrected chi connectivity index (χ1v) is 10.3. The third-order valence-electron chi connectivity index (χ3n) is 4.13. The number of hydrogen-bond acceptors (Lipinski definition) is 6. The Morgan fingerprint density at radius 2 is 1.88 bits per heavy atom. The summed E-state index contributed by atoms with van der Waals surface area (Å²) < 4.78 is 11.5. The molecule has 0 amide bonds. The third kappa shape index (κ3) is 3.43. The second kappa shape index (κ2) is 6.93. The van der Waals surface area contributed by atoms with E-state index in [0.717, 1.165) is 28.5 Å². The average Bonchev–Trinajstić information content (AvgIpc) is 3.24. The summed E-state index contributed by atoms with van der Waals surface area (Å²) in [6.07, 6.45) is 1.83. The van der Waals surface area contributed by atoms with E-state index in [1.807, 2.05) is 48.5 Å². The predicted molar refractivity (Wildman–Crippen MR) is 101 cm³/mol. The van der Waals surface area contributed by atoms with Gasteiger partial charge in [0.1, 0.15) is 5.71 Å². The zero-order valence-corrected chi connectivity index (χ0v) is 15.0. The predicted octanol–water partition coefficient (Wildman–Crippen LogP) is 2.66. The van der Waals surface area contributed by atoms with Crippen molar-refractivity contribution in [3.63, 3.8) is 0 Å². The van der Waals surface area contributed by atoms with Crippen molar-refractivity contribution in [2.75, 3.05) is 29.5 Å². The SMILES string of the molecule is O=C1ON=C(c2ccccc2)/C1=C/c1ccc(N2CCS(=O)CC2)s1. The Bertz CT molecular complexity index is 877. The number of anilines is 1. The highest BCUT2D eigenvalue weighted by Gasteiger charge is 2.27. The lowest BCUT2D eigenvalue weighted by Crippen LogP contribution is -2.37. The highest BCUT2D eigenvalue weighted by molar-refractivity contribution is 7.85. The Balaban J connectivity index is 1.59. The summed E-state index contributed by atoms with van der Waals surface area (Å²) in [5.41, 5.74) is 1.89. The maximum absolute atomic E-state index is 12.1. The highest BCUT2D eigenvalue weighted by Crippen LogP contribution is 2.30. The standard InChI is InChI=1S/C18H16N2O3S2/c21-18-15(17(19-23-18)13-4-2-1-3-5-13)12-14-6-7-16(24-14)20-8-10-25(22)11-9-20/h1-7,12H,8-11H2/b15-12-. The maximum Gasteiger partial charge on any atom is 0.368 e. The minimum Gasteiger partial charge on any atom is -0.362 e. The minimum atomic E-state index is -0.688. The summed E-state index contributed by atoms with van der Waals surface area (Å²) in [6.45, 7) is 1.61. The molecule has 0 saturated carbocycles. The molecule has 2 aromatic rings. The topological polar surface area (TPSA) is 59.0 Å². The van der Waals surface area contributed by atoms with Gasteiger partial charge in [-0.25, -0.2) is 4.79 Å². The van der Waals surface area contributed by atoms with Crippen LogP contribution in [-0.2, 0) is 20.4 Å². The Labute approximate surface area is 152 Å². The summed E-state index contributed by atoms with van der Waals surface area (Å²) >= 11 is 1.61. The molecule has 0 N–H and O–H groups in total. The van der Waals surface area contributed by atoms with E-state index in [4.69, 9.17) is 4.84 Å². The first kappa shape index (κ1) is 16.2. The monoisotopic (exact) mass is 372 g/mol. The molecule has 0 bridgehead atoms. The lowest BCUT2D eigenvalue weighted by Gasteiger charge is -2.26. The third-order valence-corrected chi connectivity index (χ3v) is 6.50. The largest absolute Gasteiger partial charge is 0.368 e. The molecule has 1 aromatic heterocycles. The molecule has 7 heteroatoms. The molecule has 128 valence electrons. The van der Waals surface area contributed by atoms with Crippen LogP contribution in [0.15, 0.2) is 53.2 Å². The summed E-state index contributed by atoms with van der Waals surface area (Å²) in [7, 11) is -0.688. The van der Waals surface area contributed by atoms with Crippen molar-refractivity contribution in [1.29, 1.82) is 0 Å². The van der Waals surface area contributed by atoms with E-state index in [1.165, 1.54) is 0 Å². The van der Waals surface area contributed by atoms with Crippen LogP contribution in [0.3, 0.4) is 0 Å². The van der Waals surface area contributed by atoms with E-state index in [1.54, 1.807) is 11.3 Å². The number of carbonyl (C=O) groups is 1. The zero-order chi connectivity index (χ0) is 17.2. The van der Waals surface area contributed by atoms with Gasteiger partial charge in [-0.3, -0.25) is 4.21 Å². The second-order valence-electron chi connectivity index (χ2n) is 5.75. The van der Waals surface area contributed by atoms with E-state index in [2.05, 4.69) is 10.1 Å². The first-order valence-electron chi connectivity index (χ1n) is 7.97. The van der Waals surface area contributed by atoms with Crippen LogP contribution in [0, 0.1) is 0 Å². The molecule has 5 nitrogen and oxygen atoms in total. The molecule has 0 radical (unpaired) electrons. The molecule has 0 unspecified atom stereocenters. The van der Waals surface area contributed by atoms with Crippen LogP contribution >= 0.6 is 11.3 Å². The van der Waals surface area contributed by atoms with Gasteiger partial charge < -0.3 is 9.74 Å². The summed E-state index contributed by atoms with van der Waals surface area (Å²) in [6, 6.07) is 13.6. The van der Waals surface area contributed by atoms with Crippen LogP contribution in [0.25, 0.3) is 6.08 Å². The molecular formula is C18H16N2O3S2. The van der Waals surface area contributed by atoms with E-state index >= 15 is 0 Å². The molecule has 1 saturated heterocycles. The lowest BCUT2D eigenvalue weighted by atomic mass is 10.0. The van der Waals surface area contributed by atoms with Gasteiger partial charge in [0.15, 0.2) is 0 Å². The number of benzene rings is 1. The van der Waals surface area contributed by atoms with E-state index in [9.17, 15) is 9.00 Å². The lowest BCUT2D eigenvalue weighted by molar-refractivity contribution is -0.136. The summed E-state index contributed by atoms with van der Waals surface area (Å²) in [4.78, 5) is 20.2. The van der Waals surface area contributed by atoms with Gasteiger partial charge in [-0.2, -0.15) is 0 Å². The van der Waals surface area contributed by atoms with Crippen LogP contribution in [0.4, 0.5) is 5.00 Å². The van der Waals surface area contributed by atoms with Gasteiger partial charge >= 0.3 is 5.97 Å². The molecule has 1 fully saturated rings. The molecule has 2 aliphatic heterocycles. The molecule has 3 heterocycles. The number of oxime groups is 1. The molecule has 0 aliphatic carbocycles. The summed E-state index contributed by atoms with van der Waals surface area (Å²) in [5.74, 6) is 0.999. The number of rotatable bonds is 3. The number of carbonyl (C=O) groups excluding carboxylic acids is 1. The average molecular weight is 372 g/mol. The fourth-order valence-corrected chi connectivity index (χ4v) is 4.86. The summed E-state index contributed by atoms with van der Waals surface area (Å²) in [5, 5.41) is 5.06. The van der Waals surface area contributed by atoms with Gasteiger partial charge in [0.2, 0.25) is 0 Å². The Morgan fingerprint density at radius 3 is 2.64 bits per heavy atom. The van der Waals surface area contributed by atoms with Crippen LogP contribution < -0.4 is 4.90 Å². The van der Waals surface area contributed by atoms with Gasteiger partial charge in [0.25, 0.3) is 0 Å². The van der Waals surface area contributed by atoms with E-state index in [-0.39, 0.29) is 0 Å². The molecule has 0 spiro atoms. The Morgan fingerprint density at radius 1 is 1.12 bits per heavy atom. The van der Waals surface area contributed by atoms with Crippen molar-refractivity contribution in [2.45, 2.75) is 0 Å². The molecule has 1 aromatic carbocycles. The van der Waals surface area contributed by atoms with Crippen LogP contribution in [0.1, 0.15) is 10.4 Å². The fraction of sp³-hybridized carbons (Fsp3) is 0.222. The normalized spacial score (nSPS) is 20.0. The minimum absolute atomic E-state index is 0.429. The molecule has 4 rings (SSSR count). The second-order valence-corrected chi connectivity index (χ2v) is 8.54. The zero-order valence-electron chi connectivity index (χ0n) is 13.4. The number of nitrogens with zero attached hydrogens (tertiary/aromatic N) is 2. The van der Waals surface area contributed by atoms with Crippen molar-refractivity contribution < 1.29 is 13.8 Å². The van der Waals surface area contributed by atoms with Gasteiger partial charge in [-0.15, -0.1) is 11.3 Å². The Hall–Kier alpha value is -2.25. The van der Waals surface area contributed by atoms with Gasteiger partial charge in [0, 0.05) is 45.8 Å². The Kier molecular flexibility index (Phi) is 4.50. The van der Waals surface area contributed by atoms with Crippen molar-refractivity contribution in [1.82, 2.24) is 0 Å². The molecule has 25 heavy (non-hydrogen) atoms.